The SMILES string of the molecule is O=S(=O)(Cc1ccc(Cl)cc1)NCC(Cc1ccccc1)N1CCCC1. The van der Waals surface area contributed by atoms with Crippen LogP contribution >= 0.6 is 11.6 Å². The zero-order valence-electron chi connectivity index (χ0n) is 14.8. The first-order valence-corrected chi connectivity index (χ1v) is 11.0. The standard InChI is InChI=1S/C20H25ClN2O2S/c21-19-10-8-18(9-11-19)16-26(24,25)22-15-20(23-12-4-5-13-23)14-17-6-2-1-3-7-17/h1-3,6-11,20,22H,4-5,12-16H2. The van der Waals surface area contributed by atoms with Gasteiger partial charge in [0.1, 0.15) is 0 Å². The van der Waals surface area contributed by atoms with E-state index >= 15 is 0 Å². The predicted molar refractivity (Wildman–Crippen MR) is 107 cm³/mol. The van der Waals surface area contributed by atoms with Crippen molar-refractivity contribution in [1.29, 1.82) is 0 Å². The second-order valence-corrected chi connectivity index (χ2v) is 9.06. The van der Waals surface area contributed by atoms with Crippen molar-refractivity contribution in [3.8, 4) is 0 Å². The fourth-order valence-corrected chi connectivity index (χ4v) is 4.70. The van der Waals surface area contributed by atoms with Crippen LogP contribution in [-0.2, 0) is 22.2 Å². The van der Waals surface area contributed by atoms with Crippen LogP contribution in [0.1, 0.15) is 24.0 Å². The molecule has 140 valence electrons. The highest BCUT2D eigenvalue weighted by atomic mass is 35.5. The Labute approximate surface area is 161 Å². The van der Waals surface area contributed by atoms with Crippen LogP contribution < -0.4 is 4.72 Å². The van der Waals surface area contributed by atoms with Gasteiger partial charge in [0, 0.05) is 17.6 Å². The molecule has 3 rings (SSSR count). The minimum atomic E-state index is -3.38. The van der Waals surface area contributed by atoms with Gasteiger partial charge in [0.25, 0.3) is 0 Å². The first kappa shape index (κ1) is 19.4. The minimum absolute atomic E-state index is 0.0256. The number of benzene rings is 2. The minimum Gasteiger partial charge on any atom is -0.299 e. The van der Waals surface area contributed by atoms with Gasteiger partial charge >= 0.3 is 0 Å². The normalized spacial score (nSPS) is 16.7. The van der Waals surface area contributed by atoms with Gasteiger partial charge in [0.2, 0.25) is 10.0 Å². The van der Waals surface area contributed by atoms with E-state index in [2.05, 4.69) is 21.8 Å². The van der Waals surface area contributed by atoms with E-state index in [1.807, 2.05) is 18.2 Å². The molecule has 1 N–H and O–H groups in total. The maximum atomic E-state index is 12.5. The van der Waals surface area contributed by atoms with Crippen LogP contribution in [0.25, 0.3) is 0 Å². The summed E-state index contributed by atoms with van der Waals surface area (Å²) in [6.45, 7) is 2.51. The molecule has 0 spiro atoms. The van der Waals surface area contributed by atoms with Crippen LogP contribution in [0.15, 0.2) is 54.6 Å². The molecule has 1 atom stereocenters. The van der Waals surface area contributed by atoms with Crippen molar-refractivity contribution in [2.75, 3.05) is 19.6 Å². The van der Waals surface area contributed by atoms with Crippen molar-refractivity contribution in [2.45, 2.75) is 31.1 Å². The molecular formula is C20H25ClN2O2S. The number of rotatable bonds is 8. The number of nitrogens with zero attached hydrogens (tertiary/aromatic N) is 1. The summed E-state index contributed by atoms with van der Waals surface area (Å²) in [5, 5.41) is 0.607. The Kier molecular flexibility index (Phi) is 6.70. The van der Waals surface area contributed by atoms with Gasteiger partial charge in [0.05, 0.1) is 5.75 Å². The summed E-state index contributed by atoms with van der Waals surface area (Å²) in [7, 11) is -3.38. The highest BCUT2D eigenvalue weighted by Crippen LogP contribution is 2.16. The third-order valence-electron chi connectivity index (χ3n) is 4.78. The van der Waals surface area contributed by atoms with E-state index in [9.17, 15) is 8.42 Å². The van der Waals surface area contributed by atoms with Crippen molar-refractivity contribution in [1.82, 2.24) is 9.62 Å². The van der Waals surface area contributed by atoms with Gasteiger partial charge in [-0.05, 0) is 55.6 Å². The van der Waals surface area contributed by atoms with Crippen LogP contribution in [0.5, 0.6) is 0 Å². The number of likely N-dealkylation sites (tertiary alicyclic amines) is 1. The summed E-state index contributed by atoms with van der Waals surface area (Å²) in [5.74, 6) is -0.0256. The van der Waals surface area contributed by atoms with Gasteiger partial charge < -0.3 is 0 Å². The first-order chi connectivity index (χ1) is 12.5. The number of hydrogen-bond donors (Lipinski definition) is 1. The first-order valence-electron chi connectivity index (χ1n) is 9.01. The van der Waals surface area contributed by atoms with Crippen molar-refractivity contribution < 1.29 is 8.42 Å². The van der Waals surface area contributed by atoms with Gasteiger partial charge in [-0.2, -0.15) is 0 Å². The summed E-state index contributed by atoms with van der Waals surface area (Å²) in [5.41, 5.74) is 1.98. The molecule has 6 heteroatoms. The number of nitrogens with one attached hydrogen (secondary N) is 1. The Balaban J connectivity index is 1.63. The van der Waals surface area contributed by atoms with Gasteiger partial charge in [-0.3, -0.25) is 4.90 Å². The quantitative estimate of drug-likeness (QED) is 0.748. The Bertz CT molecular complexity index is 788. The smallest absolute Gasteiger partial charge is 0.215 e. The lowest BCUT2D eigenvalue weighted by Gasteiger charge is -2.28. The van der Waals surface area contributed by atoms with E-state index in [4.69, 9.17) is 11.6 Å². The van der Waals surface area contributed by atoms with Gasteiger partial charge in [-0.15, -0.1) is 0 Å². The maximum Gasteiger partial charge on any atom is 0.215 e. The van der Waals surface area contributed by atoms with Gasteiger partial charge in [0.15, 0.2) is 0 Å². The molecule has 0 saturated carbocycles. The highest BCUT2D eigenvalue weighted by molar-refractivity contribution is 7.88. The molecule has 1 aliphatic rings. The summed E-state index contributed by atoms with van der Waals surface area (Å²) in [6.07, 6.45) is 3.22. The van der Waals surface area contributed by atoms with Crippen molar-refractivity contribution in [2.24, 2.45) is 0 Å². The maximum absolute atomic E-state index is 12.5. The molecule has 4 nitrogen and oxygen atoms in total. The second-order valence-electron chi connectivity index (χ2n) is 6.82. The predicted octanol–water partition coefficient (Wildman–Crippen LogP) is 3.47. The zero-order valence-corrected chi connectivity index (χ0v) is 16.3. The molecule has 1 saturated heterocycles. The van der Waals surface area contributed by atoms with Crippen molar-refractivity contribution in [3.05, 3.63) is 70.7 Å². The molecule has 26 heavy (non-hydrogen) atoms. The fourth-order valence-electron chi connectivity index (χ4n) is 3.40. The van der Waals surface area contributed by atoms with Crippen LogP contribution in [0.4, 0.5) is 0 Å². The zero-order chi connectivity index (χ0) is 18.4. The fraction of sp³-hybridized carbons (Fsp3) is 0.400. The molecule has 0 aliphatic carbocycles. The lowest BCUT2D eigenvalue weighted by atomic mass is 10.1. The average molecular weight is 393 g/mol. The molecule has 0 radical (unpaired) electrons. The second kappa shape index (κ2) is 9.00. The lowest BCUT2D eigenvalue weighted by Crippen LogP contribution is -2.44. The number of hydrogen-bond acceptors (Lipinski definition) is 3. The topological polar surface area (TPSA) is 49.4 Å². The monoisotopic (exact) mass is 392 g/mol. The molecule has 2 aromatic rings. The highest BCUT2D eigenvalue weighted by Gasteiger charge is 2.24. The molecule has 1 unspecified atom stereocenters. The van der Waals surface area contributed by atoms with Crippen LogP contribution in [0.2, 0.25) is 5.02 Å². The van der Waals surface area contributed by atoms with Gasteiger partial charge in [-0.25, -0.2) is 13.1 Å². The third-order valence-corrected chi connectivity index (χ3v) is 6.35. The average Bonchev–Trinajstić information content (AvgIpc) is 3.16. The van der Waals surface area contributed by atoms with E-state index < -0.39 is 10.0 Å². The van der Waals surface area contributed by atoms with E-state index in [0.29, 0.717) is 11.6 Å². The van der Waals surface area contributed by atoms with Gasteiger partial charge in [-0.1, -0.05) is 54.1 Å². The van der Waals surface area contributed by atoms with Crippen LogP contribution in [0.3, 0.4) is 0 Å². The summed E-state index contributed by atoms with van der Waals surface area (Å²) < 4.78 is 27.8. The molecule has 1 fully saturated rings. The molecule has 2 aromatic carbocycles. The molecule has 1 heterocycles. The van der Waals surface area contributed by atoms with Crippen molar-refractivity contribution >= 4 is 21.6 Å². The molecule has 0 aromatic heterocycles. The largest absolute Gasteiger partial charge is 0.299 e. The van der Waals surface area contributed by atoms with E-state index in [0.717, 1.165) is 25.1 Å². The Morgan fingerprint density at radius 2 is 1.62 bits per heavy atom. The van der Waals surface area contributed by atoms with E-state index in [-0.39, 0.29) is 11.8 Å². The summed E-state index contributed by atoms with van der Waals surface area (Å²) >= 11 is 5.86. The van der Waals surface area contributed by atoms with E-state index in [1.54, 1.807) is 24.3 Å². The van der Waals surface area contributed by atoms with Crippen LogP contribution in [-0.4, -0.2) is 39.0 Å². The summed E-state index contributed by atoms with van der Waals surface area (Å²) in [4.78, 5) is 2.40. The summed E-state index contributed by atoms with van der Waals surface area (Å²) in [6, 6.07) is 17.4. The van der Waals surface area contributed by atoms with E-state index in [1.165, 1.54) is 18.4 Å². The Morgan fingerprint density at radius 1 is 0.962 bits per heavy atom. The van der Waals surface area contributed by atoms with Crippen LogP contribution in [0, 0.1) is 0 Å². The molecular weight excluding hydrogens is 368 g/mol. The van der Waals surface area contributed by atoms with Crippen molar-refractivity contribution in [3.63, 3.8) is 0 Å². The number of halogens is 1. The molecule has 0 amide bonds. The lowest BCUT2D eigenvalue weighted by molar-refractivity contribution is 0.241. The Hall–Kier alpha value is -1.40. The molecule has 0 bridgehead atoms. The third kappa shape index (κ3) is 5.81. The Morgan fingerprint density at radius 3 is 2.27 bits per heavy atom. The molecule has 1 aliphatic heterocycles. The number of sulfonamides is 1.